The summed E-state index contributed by atoms with van der Waals surface area (Å²) in [6.45, 7) is 9.86. The summed E-state index contributed by atoms with van der Waals surface area (Å²) in [4.78, 5) is 11.2. The van der Waals surface area contributed by atoms with E-state index in [0.717, 1.165) is 22.5 Å². The van der Waals surface area contributed by atoms with Crippen LogP contribution in [0, 0.1) is 0 Å². The quantitative estimate of drug-likeness (QED) is 0.533. The summed E-state index contributed by atoms with van der Waals surface area (Å²) in [7, 11) is 1.88. The predicted octanol–water partition coefficient (Wildman–Crippen LogP) is 4.34. The van der Waals surface area contributed by atoms with Gasteiger partial charge in [0, 0.05) is 47.6 Å². The first-order chi connectivity index (χ1) is 17.0. The molecule has 0 bridgehead atoms. The van der Waals surface area contributed by atoms with Gasteiger partial charge in [-0.25, -0.2) is 14.4 Å². The van der Waals surface area contributed by atoms with Crippen LogP contribution in [0.15, 0.2) is 24.4 Å². The molecule has 36 heavy (non-hydrogen) atoms. The van der Waals surface area contributed by atoms with Crippen LogP contribution >= 0.6 is 11.6 Å². The number of likely N-dealkylation sites (tertiary alicyclic amines) is 1. The van der Waals surface area contributed by atoms with E-state index >= 15 is 4.39 Å². The highest BCUT2D eigenvalue weighted by atomic mass is 35.5. The molecule has 2 N–H and O–H groups in total. The van der Waals surface area contributed by atoms with E-state index in [1.807, 2.05) is 37.1 Å². The molecule has 4 unspecified atom stereocenters. The predicted molar refractivity (Wildman–Crippen MR) is 139 cm³/mol. The number of halogens is 2. The molecule has 0 aliphatic carbocycles. The molecule has 4 heterocycles. The van der Waals surface area contributed by atoms with Crippen molar-refractivity contribution in [2.75, 3.05) is 31.6 Å². The minimum Gasteiger partial charge on any atom is -0.389 e. The van der Waals surface area contributed by atoms with Crippen LogP contribution in [0.5, 0.6) is 0 Å². The highest BCUT2D eigenvalue weighted by Crippen LogP contribution is 2.39. The topological polar surface area (TPSA) is 88.3 Å². The number of rotatable bonds is 4. The number of nitrogens with one attached hydrogen (secondary N) is 1. The Morgan fingerprint density at radius 2 is 2.06 bits per heavy atom. The Bertz CT molecular complexity index is 1280. The number of ether oxygens (including phenoxy) is 1. The van der Waals surface area contributed by atoms with E-state index in [1.54, 1.807) is 10.9 Å². The van der Waals surface area contributed by atoms with Gasteiger partial charge < -0.3 is 15.2 Å². The van der Waals surface area contributed by atoms with Gasteiger partial charge in [-0.15, -0.1) is 0 Å². The number of aliphatic hydroxyl groups excluding tert-OH is 1. The van der Waals surface area contributed by atoms with Crippen LogP contribution in [0.1, 0.15) is 51.3 Å². The Kier molecular flexibility index (Phi) is 6.47. The van der Waals surface area contributed by atoms with Gasteiger partial charge in [-0.05, 0) is 37.6 Å². The van der Waals surface area contributed by atoms with Crippen molar-refractivity contribution >= 4 is 34.3 Å². The van der Waals surface area contributed by atoms with E-state index in [2.05, 4.69) is 36.2 Å². The molecule has 4 atom stereocenters. The van der Waals surface area contributed by atoms with Crippen molar-refractivity contribution in [1.29, 1.82) is 0 Å². The zero-order valence-electron chi connectivity index (χ0n) is 21.4. The van der Waals surface area contributed by atoms with E-state index in [9.17, 15) is 5.11 Å². The van der Waals surface area contributed by atoms with Gasteiger partial charge in [0.2, 0.25) is 5.95 Å². The second-order valence-corrected chi connectivity index (χ2v) is 11.7. The molecule has 2 saturated heterocycles. The van der Waals surface area contributed by atoms with Gasteiger partial charge in [-0.3, -0.25) is 9.58 Å². The van der Waals surface area contributed by atoms with Crippen LogP contribution in [0.25, 0.3) is 10.9 Å². The standard InChI is InChI=1S/C26H34ClFN6O2/c1-25(2,3)21-10-23(33(5)32-21)31-24-29-11-15-8-18(27)17(9-20(15)30-24)16-6-7-34(12-19(16)28)26(4)14-36-13-22(26)35/h8-11,16,19,22,35H,6-7,12-14H2,1-5H3,(H,29,30,31). The van der Waals surface area contributed by atoms with E-state index in [0.29, 0.717) is 36.1 Å². The largest absolute Gasteiger partial charge is 0.389 e. The maximum atomic E-state index is 15.5. The monoisotopic (exact) mass is 516 g/mol. The van der Waals surface area contributed by atoms with Crippen molar-refractivity contribution in [2.24, 2.45) is 7.05 Å². The molecule has 10 heteroatoms. The number of aliphatic hydroxyl groups is 1. The fraction of sp³-hybridized carbons (Fsp3) is 0.577. The maximum Gasteiger partial charge on any atom is 0.228 e. The lowest BCUT2D eigenvalue weighted by Crippen LogP contribution is -2.58. The van der Waals surface area contributed by atoms with E-state index in [4.69, 9.17) is 21.3 Å². The molecule has 0 spiro atoms. The Labute approximate surface area is 215 Å². The van der Waals surface area contributed by atoms with Crippen LogP contribution in [0.4, 0.5) is 16.2 Å². The van der Waals surface area contributed by atoms with Crippen LogP contribution < -0.4 is 5.32 Å². The number of aromatic nitrogens is 4. The number of anilines is 2. The summed E-state index contributed by atoms with van der Waals surface area (Å²) < 4.78 is 22.8. The Balaban J connectivity index is 1.39. The molecule has 3 aromatic rings. The number of benzene rings is 1. The van der Waals surface area contributed by atoms with Crippen LogP contribution in [0.2, 0.25) is 5.02 Å². The zero-order valence-corrected chi connectivity index (χ0v) is 22.2. The lowest BCUT2D eigenvalue weighted by Gasteiger charge is -2.45. The van der Waals surface area contributed by atoms with Gasteiger partial charge in [-0.1, -0.05) is 32.4 Å². The fourth-order valence-electron chi connectivity index (χ4n) is 5.15. The smallest absolute Gasteiger partial charge is 0.228 e. The number of piperidine rings is 1. The van der Waals surface area contributed by atoms with Gasteiger partial charge in [-0.2, -0.15) is 5.10 Å². The first kappa shape index (κ1) is 25.3. The molecule has 2 aromatic heterocycles. The molecule has 2 fully saturated rings. The summed E-state index contributed by atoms with van der Waals surface area (Å²) >= 11 is 6.63. The number of hydrogen-bond donors (Lipinski definition) is 2. The van der Waals surface area contributed by atoms with Gasteiger partial charge in [0.15, 0.2) is 0 Å². The third-order valence-corrected chi connectivity index (χ3v) is 7.96. The molecule has 2 aliphatic rings. The molecule has 0 amide bonds. The van der Waals surface area contributed by atoms with Crippen molar-refractivity contribution in [3.05, 3.63) is 40.7 Å². The maximum absolute atomic E-state index is 15.5. The molecule has 2 aliphatic heterocycles. The molecule has 8 nitrogen and oxygen atoms in total. The number of hydrogen-bond acceptors (Lipinski definition) is 7. The number of nitrogens with zero attached hydrogens (tertiary/aromatic N) is 5. The second-order valence-electron chi connectivity index (χ2n) is 11.3. The molecule has 0 saturated carbocycles. The average Bonchev–Trinajstić information content (AvgIpc) is 3.36. The molecule has 5 rings (SSSR count). The molecule has 0 radical (unpaired) electrons. The minimum atomic E-state index is -1.12. The Hall–Kier alpha value is -2.33. The van der Waals surface area contributed by atoms with Crippen molar-refractivity contribution in [3.63, 3.8) is 0 Å². The summed E-state index contributed by atoms with van der Waals surface area (Å²) in [5.74, 6) is 0.879. The van der Waals surface area contributed by atoms with Gasteiger partial charge in [0.05, 0.1) is 36.1 Å². The zero-order chi connectivity index (χ0) is 25.8. The minimum absolute atomic E-state index is 0.0770. The highest BCUT2D eigenvalue weighted by molar-refractivity contribution is 6.32. The van der Waals surface area contributed by atoms with Gasteiger partial charge >= 0.3 is 0 Å². The lowest BCUT2D eigenvalue weighted by atomic mass is 9.84. The van der Waals surface area contributed by atoms with E-state index in [1.165, 1.54) is 0 Å². The average molecular weight is 517 g/mol. The Morgan fingerprint density at radius 1 is 1.28 bits per heavy atom. The van der Waals surface area contributed by atoms with Crippen LogP contribution in [0.3, 0.4) is 0 Å². The normalized spacial score (nSPS) is 27.6. The lowest BCUT2D eigenvalue weighted by molar-refractivity contribution is -0.0237. The first-order valence-corrected chi connectivity index (χ1v) is 12.8. The van der Waals surface area contributed by atoms with Crippen molar-refractivity contribution in [3.8, 4) is 0 Å². The summed E-state index contributed by atoms with van der Waals surface area (Å²) in [5, 5.41) is 19.5. The van der Waals surface area contributed by atoms with E-state index in [-0.39, 0.29) is 24.5 Å². The number of fused-ring (bicyclic) bond motifs is 1. The number of aryl methyl sites for hydroxylation is 1. The number of alkyl halides is 1. The molecular formula is C26H34ClFN6O2. The van der Waals surface area contributed by atoms with Crippen molar-refractivity contribution in [1.82, 2.24) is 24.6 Å². The van der Waals surface area contributed by atoms with Gasteiger partial charge in [0.1, 0.15) is 12.0 Å². The Morgan fingerprint density at radius 3 is 2.69 bits per heavy atom. The van der Waals surface area contributed by atoms with E-state index < -0.39 is 17.8 Å². The second kappa shape index (κ2) is 9.20. The van der Waals surface area contributed by atoms with Crippen LogP contribution in [-0.4, -0.2) is 73.9 Å². The van der Waals surface area contributed by atoms with Crippen LogP contribution in [-0.2, 0) is 17.2 Å². The third-order valence-electron chi connectivity index (χ3n) is 7.64. The summed E-state index contributed by atoms with van der Waals surface area (Å²) in [6, 6.07) is 5.69. The molecule has 194 valence electrons. The highest BCUT2D eigenvalue weighted by Gasteiger charge is 2.47. The fourth-order valence-corrected chi connectivity index (χ4v) is 5.46. The van der Waals surface area contributed by atoms with Gasteiger partial charge in [0.25, 0.3) is 0 Å². The molecule has 1 aromatic carbocycles. The summed E-state index contributed by atoms with van der Waals surface area (Å²) in [5.41, 5.74) is 1.78. The molecular weight excluding hydrogens is 483 g/mol. The summed E-state index contributed by atoms with van der Waals surface area (Å²) in [6.07, 6.45) is 0.574. The van der Waals surface area contributed by atoms with Crippen molar-refractivity contribution < 1.29 is 14.2 Å². The first-order valence-electron chi connectivity index (χ1n) is 12.4. The third kappa shape index (κ3) is 4.58. The van der Waals surface area contributed by atoms with Crippen molar-refractivity contribution in [2.45, 2.75) is 63.3 Å². The SMILES string of the molecule is Cn1nc(C(C)(C)C)cc1Nc1ncc2cc(Cl)c(C3CCN(C4(C)COCC4O)CC3F)cc2n1.